The molecule has 5 heteroatoms. The largest absolute Gasteiger partial charge is 0.481 e. The minimum Gasteiger partial charge on any atom is -0.481 e. The molecular weight excluding hydrogens is 316 g/mol. The number of piperidine rings is 1. The summed E-state index contributed by atoms with van der Waals surface area (Å²) in [7, 11) is 0. The van der Waals surface area contributed by atoms with Crippen molar-refractivity contribution in [3.8, 4) is 18.1 Å². The van der Waals surface area contributed by atoms with Crippen molar-refractivity contribution in [2.24, 2.45) is 5.92 Å². The van der Waals surface area contributed by atoms with E-state index >= 15 is 0 Å². The average molecular weight is 342 g/mol. The Bertz CT molecular complexity index is 623. The Kier molecular flexibility index (Phi) is 5.95. The van der Waals surface area contributed by atoms with Crippen LogP contribution in [0.5, 0.6) is 5.75 Å². The van der Waals surface area contributed by atoms with Crippen LogP contribution in [-0.2, 0) is 0 Å². The second-order valence-corrected chi connectivity index (χ2v) is 6.98. The van der Waals surface area contributed by atoms with Gasteiger partial charge < -0.3 is 19.6 Å². The highest BCUT2D eigenvalue weighted by Gasteiger charge is 2.28. The van der Waals surface area contributed by atoms with Gasteiger partial charge in [-0.05, 0) is 49.4 Å². The van der Waals surface area contributed by atoms with Crippen LogP contribution in [0, 0.1) is 18.3 Å². The van der Waals surface area contributed by atoms with E-state index in [1.54, 1.807) is 24.3 Å². The molecule has 2 atom stereocenters. The van der Waals surface area contributed by atoms with Crippen molar-refractivity contribution in [1.29, 1.82) is 0 Å². The van der Waals surface area contributed by atoms with E-state index in [2.05, 4.69) is 10.8 Å². The molecule has 2 fully saturated rings. The SMILES string of the molecule is C#CCOc1ccc(C(=O)N2CCC[C@H](CN3CC[C@H](O)C3)C2)cc1. The average Bonchev–Trinajstić information content (AvgIpc) is 3.05. The van der Waals surface area contributed by atoms with Gasteiger partial charge in [0.1, 0.15) is 12.4 Å². The molecule has 25 heavy (non-hydrogen) atoms. The maximum Gasteiger partial charge on any atom is 0.253 e. The molecule has 0 bridgehead atoms. The third kappa shape index (κ3) is 4.75. The Labute approximate surface area is 149 Å². The zero-order valence-corrected chi connectivity index (χ0v) is 14.6. The summed E-state index contributed by atoms with van der Waals surface area (Å²) < 4.78 is 5.35. The van der Waals surface area contributed by atoms with Crippen LogP contribution < -0.4 is 4.74 Å². The summed E-state index contributed by atoms with van der Waals surface area (Å²) in [5, 5.41) is 9.67. The third-order valence-corrected chi connectivity index (χ3v) is 4.99. The van der Waals surface area contributed by atoms with E-state index in [1.807, 2.05) is 4.90 Å². The Morgan fingerprint density at radius 2 is 2.04 bits per heavy atom. The zero-order chi connectivity index (χ0) is 17.6. The van der Waals surface area contributed by atoms with Gasteiger partial charge in [0.25, 0.3) is 5.91 Å². The van der Waals surface area contributed by atoms with E-state index in [4.69, 9.17) is 11.2 Å². The maximum atomic E-state index is 12.8. The van der Waals surface area contributed by atoms with Crippen molar-refractivity contribution in [2.75, 3.05) is 39.3 Å². The molecule has 1 amide bonds. The van der Waals surface area contributed by atoms with Crippen LogP contribution in [-0.4, -0.2) is 66.2 Å². The Balaban J connectivity index is 1.55. The van der Waals surface area contributed by atoms with Crippen LogP contribution in [0.3, 0.4) is 0 Å². The molecule has 0 aliphatic carbocycles. The quantitative estimate of drug-likeness (QED) is 0.826. The van der Waals surface area contributed by atoms with Gasteiger partial charge in [-0.25, -0.2) is 0 Å². The molecule has 0 spiro atoms. The number of amides is 1. The number of β-amino-alcohol motifs (C(OH)–C–C–N with tert-alkyl or cyclic N) is 1. The van der Waals surface area contributed by atoms with Gasteiger partial charge in [-0.1, -0.05) is 5.92 Å². The van der Waals surface area contributed by atoms with Crippen molar-refractivity contribution in [2.45, 2.75) is 25.4 Å². The number of hydrogen-bond acceptors (Lipinski definition) is 4. The number of aliphatic hydroxyl groups is 1. The highest BCUT2D eigenvalue weighted by molar-refractivity contribution is 5.94. The Morgan fingerprint density at radius 3 is 2.72 bits per heavy atom. The smallest absolute Gasteiger partial charge is 0.253 e. The first-order chi connectivity index (χ1) is 12.2. The first kappa shape index (κ1) is 17.8. The van der Waals surface area contributed by atoms with Crippen LogP contribution in [0.25, 0.3) is 0 Å². The molecule has 134 valence electrons. The highest BCUT2D eigenvalue weighted by Crippen LogP contribution is 2.22. The molecule has 0 unspecified atom stereocenters. The molecule has 5 nitrogen and oxygen atoms in total. The number of carbonyl (C=O) groups excluding carboxylic acids is 1. The lowest BCUT2D eigenvalue weighted by Gasteiger charge is -2.34. The Morgan fingerprint density at radius 1 is 1.24 bits per heavy atom. The summed E-state index contributed by atoms with van der Waals surface area (Å²) in [5.74, 6) is 3.67. The lowest BCUT2D eigenvalue weighted by atomic mass is 9.96. The van der Waals surface area contributed by atoms with E-state index in [0.717, 1.165) is 52.0 Å². The molecule has 0 saturated carbocycles. The van der Waals surface area contributed by atoms with Crippen molar-refractivity contribution >= 4 is 5.91 Å². The zero-order valence-electron chi connectivity index (χ0n) is 14.6. The van der Waals surface area contributed by atoms with Gasteiger partial charge in [-0.15, -0.1) is 6.42 Å². The van der Waals surface area contributed by atoms with Crippen molar-refractivity contribution in [3.63, 3.8) is 0 Å². The summed E-state index contributed by atoms with van der Waals surface area (Å²) in [6, 6.07) is 7.18. The van der Waals surface area contributed by atoms with Crippen LogP contribution in [0.1, 0.15) is 29.6 Å². The van der Waals surface area contributed by atoms with Crippen molar-refractivity contribution < 1.29 is 14.6 Å². The van der Waals surface area contributed by atoms with Gasteiger partial charge in [0.15, 0.2) is 0 Å². The number of nitrogens with zero attached hydrogens (tertiary/aromatic N) is 2. The van der Waals surface area contributed by atoms with E-state index in [9.17, 15) is 9.90 Å². The van der Waals surface area contributed by atoms with Gasteiger partial charge in [0.2, 0.25) is 0 Å². The first-order valence-corrected chi connectivity index (χ1v) is 9.01. The van der Waals surface area contributed by atoms with Crippen molar-refractivity contribution in [1.82, 2.24) is 9.80 Å². The summed E-state index contributed by atoms with van der Waals surface area (Å²) >= 11 is 0. The molecule has 1 aromatic rings. The van der Waals surface area contributed by atoms with Crippen LogP contribution in [0.2, 0.25) is 0 Å². The number of hydrogen-bond donors (Lipinski definition) is 1. The lowest BCUT2D eigenvalue weighted by Crippen LogP contribution is -2.43. The molecule has 0 aromatic heterocycles. The van der Waals surface area contributed by atoms with E-state index < -0.39 is 0 Å². The predicted molar refractivity (Wildman–Crippen MR) is 96.5 cm³/mol. The van der Waals surface area contributed by atoms with Crippen LogP contribution in [0.4, 0.5) is 0 Å². The molecule has 2 aliphatic heterocycles. The molecule has 2 heterocycles. The molecular formula is C20H26N2O3. The van der Waals surface area contributed by atoms with Crippen LogP contribution in [0.15, 0.2) is 24.3 Å². The highest BCUT2D eigenvalue weighted by atomic mass is 16.5. The summed E-state index contributed by atoms with van der Waals surface area (Å²) in [5.41, 5.74) is 0.685. The molecule has 2 saturated heterocycles. The Hall–Kier alpha value is -2.03. The van der Waals surface area contributed by atoms with Gasteiger partial charge in [0, 0.05) is 38.3 Å². The maximum absolute atomic E-state index is 12.8. The molecule has 0 radical (unpaired) electrons. The third-order valence-electron chi connectivity index (χ3n) is 4.99. The fourth-order valence-electron chi connectivity index (χ4n) is 3.74. The monoisotopic (exact) mass is 342 g/mol. The number of likely N-dealkylation sites (tertiary alicyclic amines) is 2. The number of benzene rings is 1. The summed E-state index contributed by atoms with van der Waals surface area (Å²) in [6.45, 7) is 4.54. The van der Waals surface area contributed by atoms with Gasteiger partial charge in [0.05, 0.1) is 6.10 Å². The number of ether oxygens (including phenoxy) is 1. The second kappa shape index (κ2) is 8.37. The van der Waals surface area contributed by atoms with Gasteiger partial charge >= 0.3 is 0 Å². The fraction of sp³-hybridized carbons (Fsp3) is 0.550. The fourth-order valence-corrected chi connectivity index (χ4v) is 3.74. The van der Waals surface area contributed by atoms with Gasteiger partial charge in [-0.2, -0.15) is 0 Å². The number of aliphatic hydroxyl groups excluding tert-OH is 1. The second-order valence-electron chi connectivity index (χ2n) is 6.98. The van der Waals surface area contributed by atoms with Crippen LogP contribution >= 0.6 is 0 Å². The summed E-state index contributed by atoms with van der Waals surface area (Å²) in [4.78, 5) is 17.0. The first-order valence-electron chi connectivity index (χ1n) is 9.01. The predicted octanol–water partition coefficient (Wildman–Crippen LogP) is 1.62. The standard InChI is InChI=1S/C20H26N2O3/c1-2-12-25-19-7-5-17(6-8-19)20(24)22-10-3-4-16(14-22)13-21-11-9-18(23)15-21/h1,5-8,16,18,23H,3-4,9-15H2/t16-,18+/m1/s1. The molecule has 1 N–H and O–H groups in total. The topological polar surface area (TPSA) is 53.0 Å². The molecule has 3 rings (SSSR count). The molecule has 1 aromatic carbocycles. The minimum atomic E-state index is -0.184. The van der Waals surface area contributed by atoms with E-state index in [-0.39, 0.29) is 18.6 Å². The van der Waals surface area contributed by atoms with E-state index in [1.165, 1.54) is 0 Å². The number of carbonyl (C=O) groups is 1. The van der Waals surface area contributed by atoms with Crippen molar-refractivity contribution in [3.05, 3.63) is 29.8 Å². The van der Waals surface area contributed by atoms with E-state index in [0.29, 0.717) is 17.2 Å². The number of rotatable bonds is 5. The normalized spacial score (nSPS) is 24.1. The number of terminal acetylenes is 1. The summed E-state index contributed by atoms with van der Waals surface area (Å²) in [6.07, 6.45) is 8.04. The lowest BCUT2D eigenvalue weighted by molar-refractivity contribution is 0.0642. The van der Waals surface area contributed by atoms with Gasteiger partial charge in [-0.3, -0.25) is 4.79 Å². The molecule has 2 aliphatic rings. The minimum absolute atomic E-state index is 0.0784.